The minimum absolute atomic E-state index is 0.000523. The van der Waals surface area contributed by atoms with Crippen molar-refractivity contribution in [3.63, 3.8) is 0 Å². The molecule has 2 fully saturated rings. The van der Waals surface area contributed by atoms with Gasteiger partial charge in [-0.05, 0) is 47.5 Å². The van der Waals surface area contributed by atoms with Gasteiger partial charge in [-0.15, -0.1) is 0 Å². The molecule has 3 rings (SSSR count). The number of carbonyl (C=O) groups is 6. The first kappa shape index (κ1) is 41.3. The van der Waals surface area contributed by atoms with Crippen molar-refractivity contribution in [1.82, 2.24) is 36.2 Å². The lowest BCUT2D eigenvalue weighted by Gasteiger charge is -2.40. The smallest absolute Gasteiger partial charge is 0.333 e. The zero-order valence-corrected chi connectivity index (χ0v) is 32.5. The molecule has 0 aliphatic carbocycles. The first-order chi connectivity index (χ1) is 23.5. The van der Waals surface area contributed by atoms with Gasteiger partial charge in [0.25, 0.3) is 5.91 Å². The second kappa shape index (κ2) is 16.5. The summed E-state index contributed by atoms with van der Waals surface area (Å²) in [6, 6.07) is 5.66. The highest BCUT2D eigenvalue weighted by molar-refractivity contribution is 5.98. The van der Waals surface area contributed by atoms with Crippen molar-refractivity contribution in [2.75, 3.05) is 19.6 Å². The first-order valence-electron chi connectivity index (χ1n) is 18.2. The number of rotatable bonds is 10. The predicted octanol–water partition coefficient (Wildman–Crippen LogP) is 4.74. The molecule has 284 valence electrons. The number of hydrazine groups is 1. The number of hydrogen-bond acceptors (Lipinski definition) is 6. The van der Waals surface area contributed by atoms with Crippen LogP contribution in [0.1, 0.15) is 113 Å². The molecule has 13 nitrogen and oxygen atoms in total. The Morgan fingerprint density at radius 1 is 0.922 bits per heavy atom. The molecule has 13 heteroatoms. The van der Waals surface area contributed by atoms with Crippen molar-refractivity contribution in [3.05, 3.63) is 35.9 Å². The van der Waals surface area contributed by atoms with Crippen molar-refractivity contribution in [2.24, 2.45) is 22.2 Å². The summed E-state index contributed by atoms with van der Waals surface area (Å²) in [7, 11) is 0. The highest BCUT2D eigenvalue weighted by Crippen LogP contribution is 2.33. The van der Waals surface area contributed by atoms with Gasteiger partial charge in [-0.25, -0.2) is 14.6 Å². The average Bonchev–Trinajstić information content (AvgIpc) is 3.41. The molecule has 0 unspecified atom stereocenters. The summed E-state index contributed by atoms with van der Waals surface area (Å²) in [5.41, 5.74) is 1.99. The Kier molecular flexibility index (Phi) is 13.3. The first-order valence-corrected chi connectivity index (χ1v) is 18.2. The lowest BCUT2D eigenvalue weighted by atomic mass is 9.80. The second-order valence-corrected chi connectivity index (χ2v) is 17.3. The monoisotopic (exact) mass is 711 g/mol. The van der Waals surface area contributed by atoms with Crippen molar-refractivity contribution in [2.45, 2.75) is 126 Å². The third-order valence-corrected chi connectivity index (χ3v) is 9.64. The van der Waals surface area contributed by atoms with E-state index in [0.29, 0.717) is 19.4 Å². The predicted molar refractivity (Wildman–Crippen MR) is 196 cm³/mol. The maximum Gasteiger partial charge on any atom is 0.336 e. The van der Waals surface area contributed by atoms with Crippen LogP contribution in [0.2, 0.25) is 0 Å². The summed E-state index contributed by atoms with van der Waals surface area (Å²) in [4.78, 5) is 83.6. The third-order valence-electron chi connectivity index (χ3n) is 9.64. The Balaban J connectivity index is 1.75. The molecule has 5 atom stereocenters. The van der Waals surface area contributed by atoms with E-state index in [1.54, 1.807) is 0 Å². The number of benzene rings is 1. The Labute approximate surface area is 304 Å². The Morgan fingerprint density at radius 3 is 2.04 bits per heavy atom. The van der Waals surface area contributed by atoms with E-state index in [9.17, 15) is 28.8 Å². The summed E-state index contributed by atoms with van der Waals surface area (Å²) in [6.45, 7) is 21.3. The van der Waals surface area contributed by atoms with Gasteiger partial charge in [0.1, 0.15) is 12.1 Å². The molecule has 0 spiro atoms. The van der Waals surface area contributed by atoms with Crippen LogP contribution >= 0.6 is 0 Å². The van der Waals surface area contributed by atoms with Gasteiger partial charge in [-0.1, -0.05) is 99.6 Å². The average molecular weight is 712 g/mol. The minimum Gasteiger partial charge on any atom is -0.333 e. The molecule has 0 radical (unpaired) electrons. The number of urea groups is 2. The maximum absolute atomic E-state index is 14.3. The standard InChI is InChI=1S/C38H61N7O6/c1-12-18-45(35(51)39-25(3)26-16-14-13-15-17-26)42-32(48)27-19-24(2)22-43(27)33(49)31(37(7,8)9)41-34(50)40-28(36(4,5)6)23-44-29(46)20-38(10,11)21-30(44)47/h13-17,24-25,27-28,31H,12,18-23H2,1-11H3,(H,39,51)(H,42,48)(H2,40,41,50)/t24-,25+,27+,28-,31-/m1/s1. The number of carbonyl (C=O) groups excluding carboxylic acids is 6. The van der Waals surface area contributed by atoms with Crippen LogP contribution in [0, 0.1) is 22.2 Å². The summed E-state index contributed by atoms with van der Waals surface area (Å²) < 4.78 is 0. The molecule has 51 heavy (non-hydrogen) atoms. The number of amides is 8. The fourth-order valence-corrected chi connectivity index (χ4v) is 6.54. The van der Waals surface area contributed by atoms with Gasteiger partial charge in [0.2, 0.25) is 17.7 Å². The van der Waals surface area contributed by atoms with Crippen molar-refractivity contribution >= 4 is 35.7 Å². The topological polar surface area (TPSA) is 160 Å². The highest BCUT2D eigenvalue weighted by atomic mass is 16.2. The summed E-state index contributed by atoms with van der Waals surface area (Å²) in [6.07, 6.45) is 1.46. The largest absolute Gasteiger partial charge is 0.336 e. The van der Waals surface area contributed by atoms with E-state index < -0.39 is 58.2 Å². The van der Waals surface area contributed by atoms with Crippen LogP contribution in [0.3, 0.4) is 0 Å². The number of piperidine rings is 1. The lowest BCUT2D eigenvalue weighted by Crippen LogP contribution is -2.62. The quantitative estimate of drug-likeness (QED) is 0.203. The van der Waals surface area contributed by atoms with E-state index in [2.05, 4.69) is 21.4 Å². The van der Waals surface area contributed by atoms with Gasteiger partial charge < -0.3 is 20.9 Å². The van der Waals surface area contributed by atoms with Gasteiger partial charge in [-0.3, -0.25) is 29.5 Å². The molecule has 2 aliphatic rings. The molecule has 0 aromatic heterocycles. The van der Waals surface area contributed by atoms with Crippen molar-refractivity contribution in [1.29, 1.82) is 0 Å². The number of hydrogen-bond donors (Lipinski definition) is 4. The van der Waals surface area contributed by atoms with Crippen LogP contribution in [0.5, 0.6) is 0 Å². The number of nitrogens with one attached hydrogen (secondary N) is 4. The molecule has 8 amide bonds. The van der Waals surface area contributed by atoms with Crippen molar-refractivity contribution in [3.8, 4) is 0 Å². The Hall–Kier alpha value is -4.16. The van der Waals surface area contributed by atoms with E-state index in [1.807, 2.05) is 106 Å². The molecular weight excluding hydrogens is 650 g/mol. The summed E-state index contributed by atoms with van der Waals surface area (Å²) in [5.74, 6) is -1.44. The molecule has 1 aromatic carbocycles. The van der Waals surface area contributed by atoms with Gasteiger partial charge in [0.15, 0.2) is 0 Å². The van der Waals surface area contributed by atoms with E-state index in [-0.39, 0.29) is 49.7 Å². The van der Waals surface area contributed by atoms with Crippen LogP contribution in [-0.2, 0) is 19.2 Å². The fraction of sp³-hybridized carbons (Fsp3) is 0.684. The SMILES string of the molecule is CCCN(NC(=O)[C@@H]1C[C@@H](C)CN1C(=O)[C@@H](NC(=O)N[C@H](CN1C(=O)CC(C)(C)CC1=O)C(C)(C)C)C(C)(C)C)C(=O)N[C@@H](C)c1ccccc1. The Morgan fingerprint density at radius 2 is 1.51 bits per heavy atom. The fourth-order valence-electron chi connectivity index (χ4n) is 6.54. The minimum atomic E-state index is -1.01. The molecule has 0 bridgehead atoms. The lowest BCUT2D eigenvalue weighted by molar-refractivity contribution is -0.153. The maximum atomic E-state index is 14.3. The van der Waals surface area contributed by atoms with E-state index in [1.165, 1.54) is 14.8 Å². The molecule has 0 saturated carbocycles. The molecule has 2 heterocycles. The number of imide groups is 1. The zero-order valence-electron chi connectivity index (χ0n) is 32.5. The highest BCUT2D eigenvalue weighted by Gasteiger charge is 2.45. The van der Waals surface area contributed by atoms with Crippen LogP contribution < -0.4 is 21.4 Å². The third kappa shape index (κ3) is 11.2. The van der Waals surface area contributed by atoms with Crippen LogP contribution in [0.15, 0.2) is 30.3 Å². The van der Waals surface area contributed by atoms with Gasteiger partial charge in [-0.2, -0.15) is 0 Å². The van der Waals surface area contributed by atoms with Crippen LogP contribution in [-0.4, -0.2) is 88.3 Å². The number of nitrogens with zero attached hydrogens (tertiary/aromatic N) is 3. The normalized spacial score (nSPS) is 21.0. The number of likely N-dealkylation sites (tertiary alicyclic amines) is 2. The van der Waals surface area contributed by atoms with E-state index >= 15 is 0 Å². The van der Waals surface area contributed by atoms with Gasteiger partial charge in [0.05, 0.1) is 12.1 Å². The molecule has 2 aliphatic heterocycles. The van der Waals surface area contributed by atoms with E-state index in [0.717, 1.165) is 5.56 Å². The molecule has 1 aromatic rings. The molecule has 2 saturated heterocycles. The zero-order chi connectivity index (χ0) is 38.5. The molecular formula is C38H61N7O6. The Bertz CT molecular complexity index is 1410. The summed E-state index contributed by atoms with van der Waals surface area (Å²) in [5, 5.41) is 10.00. The van der Waals surface area contributed by atoms with Gasteiger partial charge in [0, 0.05) is 32.5 Å². The molecule has 4 N–H and O–H groups in total. The van der Waals surface area contributed by atoms with Crippen LogP contribution in [0.25, 0.3) is 0 Å². The van der Waals surface area contributed by atoms with Gasteiger partial charge >= 0.3 is 12.1 Å². The second-order valence-electron chi connectivity index (χ2n) is 17.3. The van der Waals surface area contributed by atoms with Crippen molar-refractivity contribution < 1.29 is 28.8 Å². The van der Waals surface area contributed by atoms with Crippen LogP contribution in [0.4, 0.5) is 9.59 Å². The summed E-state index contributed by atoms with van der Waals surface area (Å²) >= 11 is 0. The van der Waals surface area contributed by atoms with E-state index in [4.69, 9.17) is 0 Å².